The maximum atomic E-state index is 12.4. The summed E-state index contributed by atoms with van der Waals surface area (Å²) in [7, 11) is 0. The Morgan fingerprint density at radius 1 is 0.821 bits per heavy atom. The Hall–Kier alpha value is -4.07. The summed E-state index contributed by atoms with van der Waals surface area (Å²) in [5, 5.41) is 4.84. The van der Waals surface area contributed by atoms with Gasteiger partial charge in [0.05, 0.1) is 16.8 Å². The van der Waals surface area contributed by atoms with Gasteiger partial charge in [-0.15, -0.1) is 0 Å². The minimum absolute atomic E-state index is 0.217. The van der Waals surface area contributed by atoms with Gasteiger partial charge in [0.15, 0.2) is 0 Å². The van der Waals surface area contributed by atoms with E-state index in [0.717, 1.165) is 10.2 Å². The highest BCUT2D eigenvalue weighted by atomic mass is 16.2. The quantitative estimate of drug-likeness (QED) is 0.693. The second-order valence-electron chi connectivity index (χ2n) is 6.11. The largest absolute Gasteiger partial charge is 0.280 e. The van der Waals surface area contributed by atoms with Crippen molar-refractivity contribution in [1.29, 1.82) is 0 Å². The van der Waals surface area contributed by atoms with Gasteiger partial charge < -0.3 is 0 Å². The van der Waals surface area contributed by atoms with Crippen molar-refractivity contribution < 1.29 is 14.4 Å². The molecule has 3 aromatic rings. The monoisotopic (exact) mass is 374 g/mol. The fourth-order valence-corrected chi connectivity index (χ4v) is 2.91. The number of hydrogen-bond donors (Lipinski definition) is 1. The minimum Gasteiger partial charge on any atom is -0.271 e. The van der Waals surface area contributed by atoms with Gasteiger partial charge in [0.25, 0.3) is 23.3 Å². The van der Waals surface area contributed by atoms with Crippen molar-refractivity contribution in [1.82, 2.24) is 20.2 Å². The first-order valence-electron chi connectivity index (χ1n) is 8.45. The van der Waals surface area contributed by atoms with E-state index in [1.807, 2.05) is 30.3 Å². The number of amides is 3. The highest BCUT2D eigenvalue weighted by molar-refractivity contribution is 6.21. The summed E-state index contributed by atoms with van der Waals surface area (Å²) < 4.78 is 0.982. The molecule has 0 spiro atoms. The van der Waals surface area contributed by atoms with Crippen LogP contribution in [0.25, 0.3) is 11.3 Å². The molecule has 4 rings (SSSR count). The topological polar surface area (TPSA) is 101 Å². The number of nitrogens with one attached hydrogen (secondary N) is 1. The van der Waals surface area contributed by atoms with Crippen molar-refractivity contribution >= 4 is 17.7 Å². The molecule has 0 radical (unpaired) electrons. The Morgan fingerprint density at radius 3 is 2.07 bits per heavy atom. The Kier molecular flexibility index (Phi) is 4.29. The van der Waals surface area contributed by atoms with Crippen molar-refractivity contribution in [2.24, 2.45) is 0 Å². The van der Waals surface area contributed by atoms with E-state index >= 15 is 0 Å². The zero-order valence-electron chi connectivity index (χ0n) is 14.5. The summed E-state index contributed by atoms with van der Waals surface area (Å²) in [4.78, 5) is 49.0. The van der Waals surface area contributed by atoms with Gasteiger partial charge in [-0.3, -0.25) is 24.6 Å². The molecule has 138 valence electrons. The molecule has 1 aliphatic rings. The molecule has 1 aliphatic heterocycles. The molecule has 2 aromatic carbocycles. The van der Waals surface area contributed by atoms with Crippen LogP contribution in [-0.4, -0.2) is 32.5 Å². The maximum absolute atomic E-state index is 12.4. The number of imide groups is 1. The molecule has 3 amide bonds. The third kappa shape index (κ3) is 3.07. The molecule has 0 saturated heterocycles. The number of carbonyl (C=O) groups excluding carboxylic acids is 3. The minimum atomic E-state index is -0.714. The van der Waals surface area contributed by atoms with E-state index in [1.54, 1.807) is 18.2 Å². The average Bonchev–Trinajstić information content (AvgIpc) is 2.95. The van der Waals surface area contributed by atoms with Gasteiger partial charge in [-0.1, -0.05) is 42.5 Å². The van der Waals surface area contributed by atoms with Gasteiger partial charge in [-0.05, 0) is 18.2 Å². The average molecular weight is 374 g/mol. The van der Waals surface area contributed by atoms with Crippen LogP contribution in [0, 0.1) is 0 Å². The smallest absolute Gasteiger partial charge is 0.271 e. The van der Waals surface area contributed by atoms with E-state index in [1.165, 1.54) is 18.2 Å². The van der Waals surface area contributed by atoms with Crippen LogP contribution >= 0.6 is 0 Å². The molecule has 8 nitrogen and oxygen atoms in total. The van der Waals surface area contributed by atoms with Gasteiger partial charge in [0.1, 0.15) is 6.54 Å². The normalized spacial score (nSPS) is 12.8. The summed E-state index contributed by atoms with van der Waals surface area (Å²) in [5.41, 5.74) is 3.53. The summed E-state index contributed by atoms with van der Waals surface area (Å²) in [6.07, 6.45) is 0. The van der Waals surface area contributed by atoms with Crippen LogP contribution in [0.1, 0.15) is 20.7 Å². The molecular formula is C20H14N4O4. The number of hydrazine groups is 1. The molecule has 0 fully saturated rings. The summed E-state index contributed by atoms with van der Waals surface area (Å²) in [6, 6.07) is 18.3. The standard InChI is InChI=1S/C20H14N4O4/c25-17(22-24-19(27)14-8-4-5-9-15(14)20(24)28)12-23-18(26)11-10-16(21-23)13-6-2-1-3-7-13/h1-11H,12H2,(H,22,25). The first-order chi connectivity index (χ1) is 13.5. The molecular weight excluding hydrogens is 360 g/mol. The Morgan fingerprint density at radius 2 is 1.43 bits per heavy atom. The lowest BCUT2D eigenvalue weighted by Crippen LogP contribution is -2.47. The molecule has 1 aromatic heterocycles. The molecule has 1 N–H and O–H groups in total. The maximum Gasteiger partial charge on any atom is 0.280 e. The molecule has 0 unspecified atom stereocenters. The number of hydrogen-bond acceptors (Lipinski definition) is 5. The SMILES string of the molecule is O=C(Cn1nc(-c2ccccc2)ccc1=O)NN1C(=O)c2ccccc2C1=O. The summed E-state index contributed by atoms with van der Waals surface area (Å²) >= 11 is 0. The van der Waals surface area contributed by atoms with Crippen LogP contribution in [0.15, 0.2) is 71.5 Å². The number of aromatic nitrogens is 2. The predicted molar refractivity (Wildman–Crippen MR) is 99.0 cm³/mol. The van der Waals surface area contributed by atoms with Crippen molar-refractivity contribution in [2.45, 2.75) is 6.54 Å². The molecule has 28 heavy (non-hydrogen) atoms. The summed E-state index contributed by atoms with van der Waals surface area (Å²) in [5.74, 6) is -1.95. The number of carbonyl (C=O) groups is 3. The first kappa shape index (κ1) is 17.3. The fraction of sp³-hybridized carbons (Fsp3) is 0.0500. The van der Waals surface area contributed by atoms with E-state index < -0.39 is 29.8 Å². The molecule has 0 bridgehead atoms. The molecule has 8 heteroatoms. The fourth-order valence-electron chi connectivity index (χ4n) is 2.91. The first-order valence-corrected chi connectivity index (χ1v) is 8.45. The number of benzene rings is 2. The molecule has 0 aliphatic carbocycles. The lowest BCUT2D eigenvalue weighted by molar-refractivity contribution is -0.125. The van der Waals surface area contributed by atoms with Gasteiger partial charge in [-0.25, -0.2) is 4.68 Å². The van der Waals surface area contributed by atoms with Crippen molar-refractivity contribution in [3.05, 3.63) is 88.2 Å². The third-order valence-corrected chi connectivity index (χ3v) is 4.26. The second kappa shape index (κ2) is 6.92. The van der Waals surface area contributed by atoms with Gasteiger partial charge in [0.2, 0.25) is 0 Å². The van der Waals surface area contributed by atoms with Crippen LogP contribution in [0.4, 0.5) is 0 Å². The third-order valence-electron chi connectivity index (χ3n) is 4.26. The zero-order valence-corrected chi connectivity index (χ0v) is 14.5. The Labute approximate surface area is 159 Å². The highest BCUT2D eigenvalue weighted by Crippen LogP contribution is 2.20. The van der Waals surface area contributed by atoms with Crippen LogP contribution in [0.2, 0.25) is 0 Å². The van der Waals surface area contributed by atoms with Crippen LogP contribution in [-0.2, 0) is 11.3 Å². The van der Waals surface area contributed by atoms with Crippen molar-refractivity contribution in [3.8, 4) is 11.3 Å². The van der Waals surface area contributed by atoms with E-state index in [4.69, 9.17) is 0 Å². The van der Waals surface area contributed by atoms with Crippen molar-refractivity contribution in [3.63, 3.8) is 0 Å². The van der Waals surface area contributed by atoms with E-state index in [9.17, 15) is 19.2 Å². The lowest BCUT2D eigenvalue weighted by Gasteiger charge is -2.15. The van der Waals surface area contributed by atoms with E-state index in [2.05, 4.69) is 10.5 Å². The Bertz CT molecular complexity index is 1120. The van der Waals surface area contributed by atoms with Crippen LogP contribution < -0.4 is 11.0 Å². The van der Waals surface area contributed by atoms with Crippen LogP contribution in [0.5, 0.6) is 0 Å². The van der Waals surface area contributed by atoms with Gasteiger partial charge in [0, 0.05) is 11.6 Å². The zero-order chi connectivity index (χ0) is 19.7. The highest BCUT2D eigenvalue weighted by Gasteiger charge is 2.36. The van der Waals surface area contributed by atoms with E-state index in [0.29, 0.717) is 10.7 Å². The molecule has 0 atom stereocenters. The number of rotatable bonds is 4. The molecule has 2 heterocycles. The number of nitrogens with zero attached hydrogens (tertiary/aromatic N) is 3. The second-order valence-corrected chi connectivity index (χ2v) is 6.11. The molecule has 0 saturated carbocycles. The predicted octanol–water partition coefficient (Wildman–Crippen LogP) is 1.24. The van der Waals surface area contributed by atoms with Crippen LogP contribution in [0.3, 0.4) is 0 Å². The lowest BCUT2D eigenvalue weighted by atomic mass is 10.1. The van der Waals surface area contributed by atoms with E-state index in [-0.39, 0.29) is 11.1 Å². The number of fused-ring (bicyclic) bond motifs is 1. The van der Waals surface area contributed by atoms with Gasteiger partial charge >= 0.3 is 0 Å². The van der Waals surface area contributed by atoms with Crippen molar-refractivity contribution in [2.75, 3.05) is 0 Å². The summed E-state index contributed by atoms with van der Waals surface area (Å²) in [6.45, 7) is -0.438. The Balaban J connectivity index is 1.53. The van der Waals surface area contributed by atoms with Gasteiger partial charge in [-0.2, -0.15) is 10.1 Å².